The maximum Gasteiger partial charge on any atom is 0.257 e. The van der Waals surface area contributed by atoms with Crippen molar-refractivity contribution in [3.8, 4) is 5.75 Å². The number of hydrogen-bond acceptors (Lipinski definition) is 4. The molecule has 0 saturated carbocycles. The number of ether oxygens (including phenoxy) is 1. The van der Waals surface area contributed by atoms with Gasteiger partial charge in [0.15, 0.2) is 5.75 Å². The molecule has 1 aromatic rings. The molecule has 5 nitrogen and oxygen atoms in total. The molecule has 1 amide bonds. The zero-order valence-corrected chi connectivity index (χ0v) is 11.8. The van der Waals surface area contributed by atoms with E-state index in [0.717, 1.165) is 12.8 Å². The average Bonchev–Trinajstić information content (AvgIpc) is 2.49. The predicted octanol–water partition coefficient (Wildman–Crippen LogP) is 1.51. The van der Waals surface area contributed by atoms with Crippen LogP contribution >= 0.6 is 0 Å². The topological polar surface area (TPSA) is 75.8 Å². The number of aliphatic hydroxyl groups is 1. The highest BCUT2D eigenvalue weighted by Gasteiger charge is 2.25. The molecule has 1 aliphatic rings. The second kappa shape index (κ2) is 6.61. The number of benzene rings is 1. The summed E-state index contributed by atoms with van der Waals surface area (Å²) in [5.74, 6) is 0.743. The van der Waals surface area contributed by atoms with Crippen molar-refractivity contribution in [3.63, 3.8) is 0 Å². The number of amides is 1. The quantitative estimate of drug-likeness (QED) is 0.819. The number of carbonyl (C=O) groups excluding carboxylic acids is 1. The standard InChI is InChI=1S/C15H22N2O3/c1-2-20-14-12(4-3-5-13(14)16)15(19)17-8-6-11(10-18)7-9-17/h3-5,11,18H,2,6-10,16H2,1H3. The molecular weight excluding hydrogens is 256 g/mol. The number of para-hydroxylation sites is 1. The first-order valence-electron chi connectivity index (χ1n) is 7.08. The van der Waals surface area contributed by atoms with Crippen LogP contribution in [-0.2, 0) is 0 Å². The molecule has 20 heavy (non-hydrogen) atoms. The number of piperidine rings is 1. The number of nitrogens with zero attached hydrogens (tertiary/aromatic N) is 1. The Kier molecular flexibility index (Phi) is 4.84. The van der Waals surface area contributed by atoms with E-state index in [1.165, 1.54) is 0 Å². The van der Waals surface area contributed by atoms with Crippen molar-refractivity contribution in [3.05, 3.63) is 23.8 Å². The number of nitrogens with two attached hydrogens (primary N) is 1. The Morgan fingerprint density at radius 3 is 2.75 bits per heavy atom. The minimum atomic E-state index is -0.0443. The van der Waals surface area contributed by atoms with E-state index >= 15 is 0 Å². The van der Waals surface area contributed by atoms with Gasteiger partial charge < -0.3 is 20.5 Å². The molecule has 0 bridgehead atoms. The highest BCUT2D eigenvalue weighted by Crippen LogP contribution is 2.29. The first kappa shape index (κ1) is 14.7. The van der Waals surface area contributed by atoms with Crippen LogP contribution in [0.4, 0.5) is 5.69 Å². The molecule has 0 aromatic heterocycles. The lowest BCUT2D eigenvalue weighted by Crippen LogP contribution is -2.39. The van der Waals surface area contributed by atoms with Crippen LogP contribution in [0.3, 0.4) is 0 Å². The SMILES string of the molecule is CCOc1c(N)cccc1C(=O)N1CCC(CO)CC1. The second-order valence-electron chi connectivity index (χ2n) is 5.08. The molecule has 0 unspecified atom stereocenters. The third-order valence-corrected chi connectivity index (χ3v) is 3.72. The van der Waals surface area contributed by atoms with Gasteiger partial charge in [0.05, 0.1) is 17.9 Å². The van der Waals surface area contributed by atoms with Gasteiger partial charge in [-0.25, -0.2) is 0 Å². The molecule has 0 radical (unpaired) electrons. The Morgan fingerprint density at radius 1 is 1.45 bits per heavy atom. The Hall–Kier alpha value is -1.75. The summed E-state index contributed by atoms with van der Waals surface area (Å²) in [4.78, 5) is 14.4. The van der Waals surface area contributed by atoms with Crippen molar-refractivity contribution in [2.24, 2.45) is 5.92 Å². The summed E-state index contributed by atoms with van der Waals surface area (Å²) < 4.78 is 5.51. The predicted molar refractivity (Wildman–Crippen MR) is 77.7 cm³/mol. The summed E-state index contributed by atoms with van der Waals surface area (Å²) in [6.07, 6.45) is 1.68. The van der Waals surface area contributed by atoms with Crippen molar-refractivity contribution in [1.82, 2.24) is 4.90 Å². The van der Waals surface area contributed by atoms with E-state index in [1.54, 1.807) is 18.2 Å². The Balaban J connectivity index is 2.15. The van der Waals surface area contributed by atoms with Crippen molar-refractivity contribution in [2.75, 3.05) is 32.0 Å². The van der Waals surface area contributed by atoms with Gasteiger partial charge in [-0.15, -0.1) is 0 Å². The maximum absolute atomic E-state index is 12.6. The molecule has 1 aliphatic heterocycles. The fraction of sp³-hybridized carbons (Fsp3) is 0.533. The van der Waals surface area contributed by atoms with Crippen molar-refractivity contribution < 1.29 is 14.6 Å². The number of rotatable bonds is 4. The van der Waals surface area contributed by atoms with Crippen LogP contribution < -0.4 is 10.5 Å². The van der Waals surface area contributed by atoms with Gasteiger partial charge in [-0.1, -0.05) is 6.07 Å². The van der Waals surface area contributed by atoms with E-state index in [1.807, 2.05) is 11.8 Å². The molecular formula is C15H22N2O3. The molecule has 110 valence electrons. The van der Waals surface area contributed by atoms with E-state index in [2.05, 4.69) is 0 Å². The Morgan fingerprint density at radius 2 is 2.15 bits per heavy atom. The fourth-order valence-electron chi connectivity index (χ4n) is 2.52. The van der Waals surface area contributed by atoms with Crippen LogP contribution in [0.1, 0.15) is 30.1 Å². The number of likely N-dealkylation sites (tertiary alicyclic amines) is 1. The van der Waals surface area contributed by atoms with Crippen molar-refractivity contribution >= 4 is 11.6 Å². The number of aliphatic hydroxyl groups excluding tert-OH is 1. The van der Waals surface area contributed by atoms with Crippen LogP contribution in [0, 0.1) is 5.92 Å². The van der Waals surface area contributed by atoms with E-state index in [9.17, 15) is 4.79 Å². The number of anilines is 1. The Labute approximate surface area is 119 Å². The molecule has 1 saturated heterocycles. The highest BCUT2D eigenvalue weighted by atomic mass is 16.5. The van der Waals surface area contributed by atoms with E-state index in [0.29, 0.717) is 42.6 Å². The molecule has 1 aromatic carbocycles. The fourth-order valence-corrected chi connectivity index (χ4v) is 2.52. The maximum atomic E-state index is 12.6. The van der Waals surface area contributed by atoms with Gasteiger partial charge in [0.25, 0.3) is 5.91 Å². The summed E-state index contributed by atoms with van der Waals surface area (Å²) in [6.45, 7) is 3.88. The van der Waals surface area contributed by atoms with Gasteiger partial charge in [0.1, 0.15) is 0 Å². The minimum Gasteiger partial charge on any atom is -0.491 e. The molecule has 0 atom stereocenters. The molecule has 0 spiro atoms. The van der Waals surface area contributed by atoms with Crippen molar-refractivity contribution in [2.45, 2.75) is 19.8 Å². The van der Waals surface area contributed by atoms with E-state index in [-0.39, 0.29) is 12.5 Å². The third-order valence-electron chi connectivity index (χ3n) is 3.72. The number of carbonyl (C=O) groups is 1. The first-order valence-corrected chi connectivity index (χ1v) is 7.08. The second-order valence-corrected chi connectivity index (χ2v) is 5.08. The lowest BCUT2D eigenvalue weighted by Gasteiger charge is -2.31. The number of nitrogen functional groups attached to an aromatic ring is 1. The lowest BCUT2D eigenvalue weighted by molar-refractivity contribution is 0.0647. The summed E-state index contributed by atoms with van der Waals surface area (Å²) in [5.41, 5.74) is 6.90. The van der Waals surface area contributed by atoms with Gasteiger partial charge in [-0.05, 0) is 37.8 Å². The van der Waals surface area contributed by atoms with Gasteiger partial charge in [-0.2, -0.15) is 0 Å². The zero-order valence-electron chi connectivity index (χ0n) is 11.8. The Bertz CT molecular complexity index is 468. The first-order chi connectivity index (χ1) is 9.67. The summed E-state index contributed by atoms with van der Waals surface area (Å²) >= 11 is 0. The van der Waals surface area contributed by atoms with Crippen LogP contribution in [0.2, 0.25) is 0 Å². The molecule has 1 heterocycles. The third kappa shape index (κ3) is 3.04. The van der Waals surface area contributed by atoms with E-state index < -0.39 is 0 Å². The molecule has 5 heteroatoms. The van der Waals surface area contributed by atoms with Crippen LogP contribution in [0.5, 0.6) is 5.75 Å². The lowest BCUT2D eigenvalue weighted by atomic mass is 9.97. The smallest absolute Gasteiger partial charge is 0.257 e. The molecule has 0 aliphatic carbocycles. The molecule has 1 fully saturated rings. The van der Waals surface area contributed by atoms with Crippen LogP contribution in [0.25, 0.3) is 0 Å². The van der Waals surface area contributed by atoms with Gasteiger partial charge in [-0.3, -0.25) is 4.79 Å². The molecule has 2 rings (SSSR count). The summed E-state index contributed by atoms with van der Waals surface area (Å²) in [7, 11) is 0. The summed E-state index contributed by atoms with van der Waals surface area (Å²) in [6, 6.07) is 5.26. The van der Waals surface area contributed by atoms with Crippen LogP contribution in [0.15, 0.2) is 18.2 Å². The monoisotopic (exact) mass is 278 g/mol. The summed E-state index contributed by atoms with van der Waals surface area (Å²) in [5, 5.41) is 9.14. The van der Waals surface area contributed by atoms with Gasteiger partial charge in [0.2, 0.25) is 0 Å². The molecule has 3 N–H and O–H groups in total. The zero-order chi connectivity index (χ0) is 14.5. The largest absolute Gasteiger partial charge is 0.491 e. The van der Waals surface area contributed by atoms with Gasteiger partial charge >= 0.3 is 0 Å². The highest BCUT2D eigenvalue weighted by molar-refractivity contribution is 5.98. The minimum absolute atomic E-state index is 0.0443. The average molecular weight is 278 g/mol. The van der Waals surface area contributed by atoms with Gasteiger partial charge in [0, 0.05) is 19.7 Å². The van der Waals surface area contributed by atoms with E-state index in [4.69, 9.17) is 15.6 Å². The number of hydrogen-bond donors (Lipinski definition) is 2. The van der Waals surface area contributed by atoms with Crippen molar-refractivity contribution in [1.29, 1.82) is 0 Å². The van der Waals surface area contributed by atoms with Crippen LogP contribution in [-0.4, -0.2) is 42.2 Å². The normalized spacial score (nSPS) is 16.2.